The van der Waals surface area contributed by atoms with Crippen LogP contribution < -0.4 is 0 Å². The van der Waals surface area contributed by atoms with E-state index in [9.17, 15) is 13.2 Å². The van der Waals surface area contributed by atoms with Gasteiger partial charge >= 0.3 is 0 Å². The van der Waals surface area contributed by atoms with Gasteiger partial charge in [-0.25, -0.2) is 8.42 Å². The number of hydrogen-bond donors (Lipinski definition) is 0. The van der Waals surface area contributed by atoms with Crippen molar-refractivity contribution < 1.29 is 17.9 Å². The van der Waals surface area contributed by atoms with Gasteiger partial charge < -0.3 is 9.64 Å². The second-order valence-corrected chi connectivity index (χ2v) is 8.40. The number of hydrogen-bond acceptors (Lipinski definition) is 4. The fourth-order valence-electron chi connectivity index (χ4n) is 3.03. The molecular weight excluding hydrogens is 328 g/mol. The lowest BCUT2D eigenvalue weighted by molar-refractivity contribution is -0.000192. The van der Waals surface area contributed by atoms with Crippen molar-refractivity contribution in [2.24, 2.45) is 0 Å². The van der Waals surface area contributed by atoms with Crippen LogP contribution in [0.1, 0.15) is 36.0 Å². The fraction of sp³-hybridized carbons (Fsp3) is 0.588. The molecule has 2 saturated heterocycles. The highest BCUT2D eigenvalue weighted by molar-refractivity contribution is 7.89. The number of carbonyl (C=O) groups is 1. The van der Waals surface area contributed by atoms with Gasteiger partial charge in [0.05, 0.1) is 11.0 Å². The monoisotopic (exact) mass is 352 g/mol. The van der Waals surface area contributed by atoms with E-state index in [4.69, 9.17) is 4.74 Å². The number of amides is 1. The van der Waals surface area contributed by atoms with Gasteiger partial charge in [0, 0.05) is 38.9 Å². The number of likely N-dealkylation sites (N-methyl/N-ethyl adjacent to an activating group) is 1. The van der Waals surface area contributed by atoms with Crippen molar-refractivity contribution in [3.8, 4) is 0 Å². The van der Waals surface area contributed by atoms with Crippen molar-refractivity contribution in [3.05, 3.63) is 29.8 Å². The van der Waals surface area contributed by atoms with E-state index in [2.05, 4.69) is 0 Å². The Labute approximate surface area is 143 Å². The Morgan fingerprint density at radius 3 is 2.71 bits per heavy atom. The van der Waals surface area contributed by atoms with Crippen molar-refractivity contribution in [2.75, 3.05) is 33.3 Å². The van der Waals surface area contributed by atoms with E-state index >= 15 is 0 Å². The van der Waals surface area contributed by atoms with Gasteiger partial charge in [0.2, 0.25) is 10.0 Å². The van der Waals surface area contributed by atoms with Gasteiger partial charge in [-0.3, -0.25) is 4.79 Å². The van der Waals surface area contributed by atoms with Crippen molar-refractivity contribution in [1.29, 1.82) is 0 Å². The molecule has 2 aliphatic heterocycles. The van der Waals surface area contributed by atoms with Gasteiger partial charge in [0.15, 0.2) is 0 Å². The molecule has 0 radical (unpaired) electrons. The van der Waals surface area contributed by atoms with Crippen molar-refractivity contribution in [1.82, 2.24) is 9.21 Å². The van der Waals surface area contributed by atoms with Crippen LogP contribution in [-0.4, -0.2) is 62.9 Å². The molecule has 0 aliphatic carbocycles. The normalized spacial score (nSPS) is 22.0. The van der Waals surface area contributed by atoms with Crippen LogP contribution in [0.2, 0.25) is 0 Å². The fourth-order valence-corrected chi connectivity index (χ4v) is 4.59. The van der Waals surface area contributed by atoms with Crippen LogP contribution in [0.4, 0.5) is 0 Å². The lowest BCUT2D eigenvalue weighted by Crippen LogP contribution is -2.42. The molecule has 24 heavy (non-hydrogen) atoms. The standard InChI is InChI=1S/C17H24N2O4S/c1-18(13-15-7-2-3-11-23-15)17(20)14-6-4-8-16(12-14)24(21,22)19-9-5-10-19/h4,6,8,12,15H,2-3,5,7,9-11,13H2,1H3. The number of carbonyl (C=O) groups excluding carboxylic acids is 1. The summed E-state index contributed by atoms with van der Waals surface area (Å²) in [6.45, 7) is 2.39. The maximum Gasteiger partial charge on any atom is 0.253 e. The number of nitrogens with zero attached hydrogens (tertiary/aromatic N) is 2. The molecular formula is C17H24N2O4S. The molecule has 1 atom stereocenters. The topological polar surface area (TPSA) is 66.9 Å². The van der Waals surface area contributed by atoms with E-state index < -0.39 is 10.0 Å². The van der Waals surface area contributed by atoms with Crippen LogP contribution in [0, 0.1) is 0 Å². The molecule has 0 saturated carbocycles. The van der Waals surface area contributed by atoms with Crippen molar-refractivity contribution >= 4 is 15.9 Å². The average molecular weight is 352 g/mol. The number of ether oxygens (including phenoxy) is 1. The lowest BCUT2D eigenvalue weighted by atomic mass is 10.1. The van der Waals surface area contributed by atoms with Crippen molar-refractivity contribution in [2.45, 2.75) is 36.7 Å². The Morgan fingerprint density at radius 1 is 1.29 bits per heavy atom. The van der Waals surface area contributed by atoms with Crippen molar-refractivity contribution in [3.63, 3.8) is 0 Å². The van der Waals surface area contributed by atoms with Gasteiger partial charge in [-0.1, -0.05) is 6.07 Å². The lowest BCUT2D eigenvalue weighted by Gasteiger charge is -2.30. The Bertz CT molecular complexity index is 694. The van der Waals surface area contributed by atoms with Gasteiger partial charge in [-0.15, -0.1) is 0 Å². The first-order valence-corrected chi connectivity index (χ1v) is 9.90. The maximum absolute atomic E-state index is 12.6. The second kappa shape index (κ2) is 7.21. The number of sulfonamides is 1. The van der Waals surface area contributed by atoms with Crippen LogP contribution >= 0.6 is 0 Å². The van der Waals surface area contributed by atoms with E-state index in [0.29, 0.717) is 25.2 Å². The van der Waals surface area contributed by atoms with Gasteiger partial charge in [-0.2, -0.15) is 4.31 Å². The molecule has 7 heteroatoms. The Hall–Kier alpha value is -1.44. The minimum Gasteiger partial charge on any atom is -0.376 e. The highest BCUT2D eigenvalue weighted by atomic mass is 32.2. The summed E-state index contributed by atoms with van der Waals surface area (Å²) in [5, 5.41) is 0. The highest BCUT2D eigenvalue weighted by Gasteiger charge is 2.30. The molecule has 1 aromatic rings. The zero-order valence-electron chi connectivity index (χ0n) is 14.0. The van der Waals surface area contributed by atoms with Crippen LogP contribution in [0.3, 0.4) is 0 Å². The molecule has 2 aliphatic rings. The first-order valence-electron chi connectivity index (χ1n) is 8.46. The molecule has 3 rings (SSSR count). The molecule has 0 aromatic heterocycles. The van der Waals surface area contributed by atoms with Crippen LogP contribution in [0.5, 0.6) is 0 Å². The Morgan fingerprint density at radius 2 is 2.08 bits per heavy atom. The largest absolute Gasteiger partial charge is 0.376 e. The second-order valence-electron chi connectivity index (χ2n) is 6.46. The quantitative estimate of drug-likeness (QED) is 0.809. The summed E-state index contributed by atoms with van der Waals surface area (Å²) >= 11 is 0. The van der Waals surface area contributed by atoms with E-state index in [1.54, 1.807) is 30.1 Å². The zero-order valence-corrected chi connectivity index (χ0v) is 14.8. The summed E-state index contributed by atoms with van der Waals surface area (Å²) in [5.41, 5.74) is 0.398. The van der Waals surface area contributed by atoms with Crippen LogP contribution in [0.15, 0.2) is 29.2 Å². The van der Waals surface area contributed by atoms with Gasteiger partial charge in [0.25, 0.3) is 5.91 Å². The summed E-state index contributed by atoms with van der Waals surface area (Å²) in [5.74, 6) is -0.176. The van der Waals surface area contributed by atoms with Crippen LogP contribution in [0.25, 0.3) is 0 Å². The summed E-state index contributed by atoms with van der Waals surface area (Å²) in [6, 6.07) is 6.32. The van der Waals surface area contributed by atoms with Gasteiger partial charge in [-0.05, 0) is 43.9 Å². The molecule has 0 N–H and O–H groups in total. The predicted molar refractivity (Wildman–Crippen MR) is 90.4 cm³/mol. The summed E-state index contributed by atoms with van der Waals surface area (Å²) in [7, 11) is -1.74. The van der Waals surface area contributed by atoms with Gasteiger partial charge in [0.1, 0.15) is 0 Å². The highest BCUT2D eigenvalue weighted by Crippen LogP contribution is 2.22. The summed E-state index contributed by atoms with van der Waals surface area (Å²) in [4.78, 5) is 14.4. The Kier molecular flexibility index (Phi) is 5.22. The van der Waals surface area contributed by atoms with E-state index in [-0.39, 0.29) is 16.9 Å². The maximum atomic E-state index is 12.6. The van der Waals surface area contributed by atoms with Crippen LogP contribution in [-0.2, 0) is 14.8 Å². The molecule has 1 amide bonds. The molecule has 0 spiro atoms. The van der Waals surface area contributed by atoms with E-state index in [1.807, 2.05) is 0 Å². The average Bonchev–Trinajstić information content (AvgIpc) is 2.53. The van der Waals surface area contributed by atoms with E-state index in [0.717, 1.165) is 32.3 Å². The predicted octanol–water partition coefficient (Wildman–Crippen LogP) is 1.72. The molecule has 2 fully saturated rings. The summed E-state index contributed by atoms with van der Waals surface area (Å²) in [6.07, 6.45) is 4.12. The number of rotatable bonds is 5. The molecule has 2 heterocycles. The number of benzene rings is 1. The zero-order chi connectivity index (χ0) is 17.2. The van der Waals surface area contributed by atoms with E-state index in [1.165, 1.54) is 10.4 Å². The molecule has 1 unspecified atom stereocenters. The smallest absolute Gasteiger partial charge is 0.253 e. The first-order chi connectivity index (χ1) is 11.5. The molecule has 6 nitrogen and oxygen atoms in total. The Balaban J connectivity index is 1.71. The molecule has 0 bridgehead atoms. The third-order valence-electron chi connectivity index (χ3n) is 4.63. The molecule has 132 valence electrons. The SMILES string of the molecule is CN(CC1CCCCO1)C(=O)c1cccc(S(=O)(=O)N2CCC2)c1. The minimum absolute atomic E-state index is 0.0701. The first kappa shape index (κ1) is 17.4. The third-order valence-corrected chi connectivity index (χ3v) is 6.53. The summed E-state index contributed by atoms with van der Waals surface area (Å²) < 4.78 is 32.0. The third kappa shape index (κ3) is 3.63. The minimum atomic E-state index is -3.47. The molecule has 1 aromatic carbocycles.